The maximum atomic E-state index is 13.1. The molecule has 0 saturated carbocycles. The van der Waals surface area contributed by atoms with Crippen LogP contribution in [0, 0.1) is 12.7 Å². The van der Waals surface area contributed by atoms with Gasteiger partial charge < -0.3 is 0 Å². The maximum absolute atomic E-state index is 13.1. The smallest absolute Gasteiger partial charge is 0.285 e. The van der Waals surface area contributed by atoms with Crippen molar-refractivity contribution in [3.05, 3.63) is 77.2 Å². The van der Waals surface area contributed by atoms with Gasteiger partial charge >= 0.3 is 0 Å². The number of rotatable bonds is 4. The van der Waals surface area contributed by atoms with Crippen molar-refractivity contribution in [3.8, 4) is 11.3 Å². The molecule has 0 aliphatic carbocycles. The van der Waals surface area contributed by atoms with Crippen LogP contribution in [-0.2, 0) is 6.54 Å². The Morgan fingerprint density at radius 1 is 1.17 bits per heavy atom. The first-order valence-corrected chi connectivity index (χ1v) is 7.47. The first-order chi connectivity index (χ1) is 11.6. The minimum atomic E-state index is -0.457. The van der Waals surface area contributed by atoms with Crippen molar-refractivity contribution in [2.45, 2.75) is 13.5 Å². The molecule has 6 heteroatoms. The summed E-state index contributed by atoms with van der Waals surface area (Å²) in [6.07, 6.45) is 0. The molecule has 122 valence electrons. The molecule has 0 fully saturated rings. The third kappa shape index (κ3) is 3.33. The van der Waals surface area contributed by atoms with Crippen LogP contribution in [0.5, 0.6) is 0 Å². The lowest BCUT2D eigenvalue weighted by Gasteiger charge is -2.08. The van der Waals surface area contributed by atoms with E-state index in [1.165, 1.54) is 12.1 Å². The van der Waals surface area contributed by atoms with E-state index in [1.807, 2.05) is 31.2 Å². The van der Waals surface area contributed by atoms with Crippen LogP contribution in [0.2, 0.25) is 0 Å². The van der Waals surface area contributed by atoms with E-state index in [0.29, 0.717) is 6.54 Å². The van der Waals surface area contributed by atoms with Gasteiger partial charge in [-0.3, -0.25) is 14.9 Å². The van der Waals surface area contributed by atoms with Crippen molar-refractivity contribution in [1.82, 2.24) is 15.2 Å². The summed E-state index contributed by atoms with van der Waals surface area (Å²) in [5.74, 6) is 4.45. The number of nitrogens with two attached hydrogens (primary N) is 1. The van der Waals surface area contributed by atoms with E-state index in [4.69, 9.17) is 5.84 Å². The molecule has 1 amide bonds. The van der Waals surface area contributed by atoms with Crippen molar-refractivity contribution in [2.24, 2.45) is 5.84 Å². The summed E-state index contributed by atoms with van der Waals surface area (Å²) in [7, 11) is 0. The summed E-state index contributed by atoms with van der Waals surface area (Å²) in [6.45, 7) is 2.42. The van der Waals surface area contributed by atoms with Crippen molar-refractivity contribution >= 4 is 5.91 Å². The highest BCUT2D eigenvalue weighted by Gasteiger charge is 2.15. The van der Waals surface area contributed by atoms with Crippen LogP contribution in [0.1, 0.15) is 21.6 Å². The van der Waals surface area contributed by atoms with Crippen LogP contribution >= 0.6 is 0 Å². The Bertz CT molecular complexity index is 854. The maximum Gasteiger partial charge on any atom is 0.285 e. The minimum Gasteiger partial charge on any atom is -0.289 e. The number of aromatic nitrogens is 2. The summed E-state index contributed by atoms with van der Waals surface area (Å²) in [5.41, 5.74) is 6.07. The molecule has 3 N–H and O–H groups in total. The Hall–Kier alpha value is -2.99. The molecule has 0 unspecified atom stereocenters. The molecule has 0 aliphatic rings. The average Bonchev–Trinajstić information content (AvgIpc) is 3.01. The van der Waals surface area contributed by atoms with Crippen LogP contribution in [0.4, 0.5) is 4.39 Å². The van der Waals surface area contributed by atoms with E-state index in [1.54, 1.807) is 22.9 Å². The molecular weight excluding hydrogens is 307 g/mol. The minimum absolute atomic E-state index is 0.232. The zero-order valence-corrected chi connectivity index (χ0v) is 13.2. The van der Waals surface area contributed by atoms with Crippen LogP contribution in [0.15, 0.2) is 54.6 Å². The Labute approximate surface area is 138 Å². The number of hydrogen-bond acceptors (Lipinski definition) is 3. The molecule has 0 saturated heterocycles. The first kappa shape index (κ1) is 15.9. The van der Waals surface area contributed by atoms with Crippen molar-refractivity contribution in [1.29, 1.82) is 0 Å². The molecule has 0 radical (unpaired) electrons. The molecule has 5 nitrogen and oxygen atoms in total. The van der Waals surface area contributed by atoms with E-state index in [-0.39, 0.29) is 11.5 Å². The summed E-state index contributed by atoms with van der Waals surface area (Å²) in [5, 5.41) is 4.33. The number of hydrazine groups is 1. The fraction of sp³-hybridized carbons (Fsp3) is 0.111. The monoisotopic (exact) mass is 324 g/mol. The third-order valence-electron chi connectivity index (χ3n) is 3.74. The number of halogens is 1. The molecule has 24 heavy (non-hydrogen) atoms. The molecule has 0 spiro atoms. The van der Waals surface area contributed by atoms with Gasteiger partial charge in [-0.1, -0.05) is 42.0 Å². The zero-order valence-electron chi connectivity index (χ0n) is 13.2. The lowest BCUT2D eigenvalue weighted by atomic mass is 10.1. The molecule has 2 aromatic carbocycles. The van der Waals surface area contributed by atoms with Gasteiger partial charge in [-0.2, -0.15) is 5.10 Å². The lowest BCUT2D eigenvalue weighted by molar-refractivity contribution is 0.0948. The zero-order chi connectivity index (χ0) is 17.1. The van der Waals surface area contributed by atoms with E-state index in [9.17, 15) is 9.18 Å². The van der Waals surface area contributed by atoms with Crippen molar-refractivity contribution < 1.29 is 9.18 Å². The molecule has 1 heterocycles. The first-order valence-electron chi connectivity index (χ1n) is 7.47. The number of nitrogens with one attached hydrogen (secondary N) is 1. The number of hydrogen-bond donors (Lipinski definition) is 2. The van der Waals surface area contributed by atoms with E-state index in [0.717, 1.165) is 22.4 Å². The topological polar surface area (TPSA) is 72.9 Å². The fourth-order valence-electron chi connectivity index (χ4n) is 2.44. The van der Waals surface area contributed by atoms with Gasteiger partial charge in [-0.05, 0) is 36.2 Å². The third-order valence-corrected chi connectivity index (χ3v) is 3.74. The number of nitrogens with zero attached hydrogens (tertiary/aromatic N) is 2. The molecule has 0 bridgehead atoms. The predicted octanol–water partition coefficient (Wildman–Crippen LogP) is 2.65. The summed E-state index contributed by atoms with van der Waals surface area (Å²) in [4.78, 5) is 11.8. The number of benzene rings is 2. The molecular formula is C18H17FN4O. The van der Waals surface area contributed by atoms with Gasteiger partial charge in [-0.15, -0.1) is 0 Å². The number of carbonyl (C=O) groups is 1. The van der Waals surface area contributed by atoms with E-state index < -0.39 is 5.91 Å². The second-order valence-corrected chi connectivity index (χ2v) is 5.54. The largest absolute Gasteiger partial charge is 0.289 e. The Morgan fingerprint density at radius 2 is 1.83 bits per heavy atom. The molecule has 0 aliphatic heterocycles. The van der Waals surface area contributed by atoms with Gasteiger partial charge in [0, 0.05) is 0 Å². The van der Waals surface area contributed by atoms with Gasteiger partial charge in [0.1, 0.15) is 5.82 Å². The predicted molar refractivity (Wildman–Crippen MR) is 89.6 cm³/mol. The molecule has 0 atom stereocenters. The summed E-state index contributed by atoms with van der Waals surface area (Å²) in [6, 6.07) is 15.8. The number of carbonyl (C=O) groups excluding carboxylic acids is 1. The number of amides is 1. The van der Waals surface area contributed by atoms with Gasteiger partial charge in [0.05, 0.1) is 12.2 Å². The van der Waals surface area contributed by atoms with Crippen LogP contribution in [0.3, 0.4) is 0 Å². The second-order valence-electron chi connectivity index (χ2n) is 5.54. The van der Waals surface area contributed by atoms with Gasteiger partial charge in [-0.25, -0.2) is 10.2 Å². The summed E-state index contributed by atoms with van der Waals surface area (Å²) >= 11 is 0. The molecule has 1 aromatic heterocycles. The van der Waals surface area contributed by atoms with E-state index >= 15 is 0 Å². The highest BCUT2D eigenvalue weighted by molar-refractivity contribution is 5.93. The highest BCUT2D eigenvalue weighted by Crippen LogP contribution is 2.22. The van der Waals surface area contributed by atoms with Gasteiger partial charge in [0.25, 0.3) is 5.91 Å². The van der Waals surface area contributed by atoms with Gasteiger partial charge in [0.15, 0.2) is 5.69 Å². The van der Waals surface area contributed by atoms with Crippen LogP contribution in [0.25, 0.3) is 11.3 Å². The summed E-state index contributed by atoms with van der Waals surface area (Å²) < 4.78 is 14.8. The number of nitrogen functional groups attached to an aromatic ring is 1. The molecule has 3 aromatic rings. The van der Waals surface area contributed by atoms with Crippen LogP contribution < -0.4 is 11.3 Å². The van der Waals surface area contributed by atoms with Crippen LogP contribution in [-0.4, -0.2) is 15.7 Å². The highest BCUT2D eigenvalue weighted by atomic mass is 19.1. The Kier molecular flexibility index (Phi) is 4.39. The quantitative estimate of drug-likeness (QED) is 0.440. The Morgan fingerprint density at radius 3 is 2.46 bits per heavy atom. The second kappa shape index (κ2) is 6.64. The fourth-order valence-corrected chi connectivity index (χ4v) is 2.44. The van der Waals surface area contributed by atoms with Crippen molar-refractivity contribution in [3.63, 3.8) is 0 Å². The lowest BCUT2D eigenvalue weighted by Crippen LogP contribution is -2.30. The Balaban J connectivity index is 2.02. The normalized spacial score (nSPS) is 10.6. The van der Waals surface area contributed by atoms with Crippen molar-refractivity contribution in [2.75, 3.05) is 0 Å². The van der Waals surface area contributed by atoms with Gasteiger partial charge in [0.2, 0.25) is 0 Å². The van der Waals surface area contributed by atoms with E-state index in [2.05, 4.69) is 10.5 Å². The SMILES string of the molecule is Cc1ccc(-c2cc(C(=O)NN)nn2Cc2ccc(F)cc2)cc1. The molecule has 3 rings (SSSR count). The average molecular weight is 324 g/mol. The standard InChI is InChI=1S/C18H17FN4O/c1-12-2-6-14(7-3-12)17-10-16(18(24)21-20)22-23(17)11-13-4-8-15(19)9-5-13/h2-10H,11,20H2,1H3,(H,21,24). The number of aryl methyl sites for hydroxylation is 1.